The maximum absolute atomic E-state index is 12.3. The number of nitrogens with zero attached hydrogens (tertiary/aromatic N) is 1. The van der Waals surface area contributed by atoms with Gasteiger partial charge in [-0.1, -0.05) is 36.8 Å². The molecule has 7 heteroatoms. The highest BCUT2D eigenvalue weighted by molar-refractivity contribution is 7.94. The molecule has 0 bridgehead atoms. The number of hydrogen-bond donors (Lipinski definition) is 1. The average Bonchev–Trinajstić information content (AvgIpc) is 2.80. The number of carbonyl (C=O) groups excluding carboxylic acids is 2. The summed E-state index contributed by atoms with van der Waals surface area (Å²) in [7, 11) is -3.64. The highest BCUT2D eigenvalue weighted by Gasteiger charge is 2.41. The Bertz CT molecular complexity index is 952. The van der Waals surface area contributed by atoms with Crippen molar-refractivity contribution in [3.63, 3.8) is 0 Å². The summed E-state index contributed by atoms with van der Waals surface area (Å²) in [4.78, 5) is 24.4. The van der Waals surface area contributed by atoms with Crippen LogP contribution in [0.1, 0.15) is 28.4 Å². The topological polar surface area (TPSA) is 83.6 Å². The van der Waals surface area contributed by atoms with Crippen LogP contribution in [0.4, 0.5) is 5.69 Å². The van der Waals surface area contributed by atoms with Gasteiger partial charge in [-0.25, -0.2) is 12.7 Å². The van der Waals surface area contributed by atoms with Crippen molar-refractivity contribution in [1.29, 1.82) is 0 Å². The molecule has 1 fully saturated rings. The number of hydrogen-bond acceptors (Lipinski definition) is 4. The molecule has 1 N–H and O–H groups in total. The van der Waals surface area contributed by atoms with E-state index in [0.717, 1.165) is 15.4 Å². The van der Waals surface area contributed by atoms with E-state index in [9.17, 15) is 18.0 Å². The third-order valence-corrected chi connectivity index (χ3v) is 6.13. The molecule has 1 saturated heterocycles. The first-order valence-corrected chi connectivity index (χ1v) is 9.89. The van der Waals surface area contributed by atoms with Crippen LogP contribution in [0.2, 0.25) is 0 Å². The highest BCUT2D eigenvalue weighted by Crippen LogP contribution is 2.28. The van der Waals surface area contributed by atoms with Crippen LogP contribution in [0.5, 0.6) is 0 Å². The highest BCUT2D eigenvalue weighted by atomic mass is 32.2. The molecule has 0 aliphatic carbocycles. The van der Waals surface area contributed by atoms with Crippen LogP contribution >= 0.6 is 0 Å². The van der Waals surface area contributed by atoms with Crippen LogP contribution in [-0.2, 0) is 21.4 Å². The summed E-state index contributed by atoms with van der Waals surface area (Å²) in [6, 6.07) is 13.8. The lowest BCUT2D eigenvalue weighted by Crippen LogP contribution is -2.30. The van der Waals surface area contributed by atoms with Crippen molar-refractivity contribution in [2.45, 2.75) is 20.4 Å². The van der Waals surface area contributed by atoms with Crippen LogP contribution in [0.15, 0.2) is 48.5 Å². The Hall–Kier alpha value is -2.67. The summed E-state index contributed by atoms with van der Waals surface area (Å²) in [6.45, 7) is 3.98. The van der Waals surface area contributed by atoms with Gasteiger partial charge in [-0.2, -0.15) is 0 Å². The zero-order valence-corrected chi connectivity index (χ0v) is 15.4. The second kappa shape index (κ2) is 6.92. The monoisotopic (exact) mass is 372 g/mol. The number of carbonyl (C=O) groups is 2. The van der Waals surface area contributed by atoms with Gasteiger partial charge in [0, 0.05) is 12.1 Å². The van der Waals surface area contributed by atoms with E-state index in [2.05, 4.69) is 5.32 Å². The maximum Gasteiger partial charge on any atom is 0.251 e. The molecule has 0 unspecified atom stereocenters. The summed E-state index contributed by atoms with van der Waals surface area (Å²) in [6.07, 6.45) is 0. The Kier molecular flexibility index (Phi) is 4.82. The van der Waals surface area contributed by atoms with E-state index in [4.69, 9.17) is 0 Å². The minimum Gasteiger partial charge on any atom is -0.348 e. The van der Waals surface area contributed by atoms with Crippen molar-refractivity contribution in [3.05, 3.63) is 65.2 Å². The summed E-state index contributed by atoms with van der Waals surface area (Å²) >= 11 is 0. The van der Waals surface area contributed by atoms with Crippen LogP contribution in [-0.4, -0.2) is 26.0 Å². The fourth-order valence-electron chi connectivity index (χ4n) is 2.94. The normalized spacial score (nSPS) is 18.8. The maximum atomic E-state index is 12.3. The van der Waals surface area contributed by atoms with Crippen LogP contribution in [0.3, 0.4) is 0 Å². The van der Waals surface area contributed by atoms with Gasteiger partial charge >= 0.3 is 0 Å². The van der Waals surface area contributed by atoms with Gasteiger partial charge in [0.1, 0.15) is 0 Å². The lowest BCUT2D eigenvalue weighted by molar-refractivity contribution is -0.119. The fourth-order valence-corrected chi connectivity index (χ4v) is 4.76. The molecule has 2 amide bonds. The SMILES string of the molecule is Cc1cccc(CNC(=O)c2ccc(N3C(=O)[C@@H](C)CS3(=O)=O)cc2)c1. The summed E-state index contributed by atoms with van der Waals surface area (Å²) < 4.78 is 25.1. The van der Waals surface area contributed by atoms with Crippen molar-refractivity contribution >= 4 is 27.5 Å². The van der Waals surface area contributed by atoms with Crippen molar-refractivity contribution in [2.24, 2.45) is 5.92 Å². The van der Waals surface area contributed by atoms with Crippen LogP contribution in [0.25, 0.3) is 0 Å². The van der Waals surface area contributed by atoms with Gasteiger partial charge in [-0.05, 0) is 36.8 Å². The smallest absolute Gasteiger partial charge is 0.251 e. The molecule has 0 saturated carbocycles. The molecule has 26 heavy (non-hydrogen) atoms. The van der Waals surface area contributed by atoms with Gasteiger partial charge in [-0.3, -0.25) is 9.59 Å². The average molecular weight is 372 g/mol. The number of amides is 2. The number of aryl methyl sites for hydroxylation is 1. The lowest BCUT2D eigenvalue weighted by atomic mass is 10.1. The Morgan fingerprint density at radius 1 is 1.19 bits per heavy atom. The predicted molar refractivity (Wildman–Crippen MR) is 99.2 cm³/mol. The van der Waals surface area contributed by atoms with Crippen molar-refractivity contribution < 1.29 is 18.0 Å². The first kappa shape index (κ1) is 18.1. The van der Waals surface area contributed by atoms with E-state index in [1.807, 2.05) is 31.2 Å². The van der Waals surface area contributed by atoms with Gasteiger partial charge in [0.25, 0.3) is 5.91 Å². The number of sulfonamides is 1. The second-order valence-corrected chi connectivity index (χ2v) is 8.36. The molecule has 2 aromatic carbocycles. The predicted octanol–water partition coefficient (Wildman–Crippen LogP) is 2.24. The number of nitrogens with one attached hydrogen (secondary N) is 1. The molecule has 1 aliphatic rings. The zero-order valence-electron chi connectivity index (χ0n) is 14.6. The van der Waals surface area contributed by atoms with Crippen LogP contribution < -0.4 is 9.62 Å². The summed E-state index contributed by atoms with van der Waals surface area (Å²) in [5.41, 5.74) is 2.78. The Labute approximate surface area is 152 Å². The molecule has 6 nitrogen and oxygen atoms in total. The molecule has 3 rings (SSSR count). The van der Waals surface area contributed by atoms with Crippen molar-refractivity contribution in [2.75, 3.05) is 10.1 Å². The van der Waals surface area contributed by atoms with E-state index in [-0.39, 0.29) is 17.3 Å². The number of anilines is 1. The van der Waals surface area contributed by atoms with E-state index < -0.39 is 21.8 Å². The molecule has 2 aromatic rings. The van der Waals surface area contributed by atoms with Gasteiger partial charge in [0.2, 0.25) is 15.9 Å². The van der Waals surface area contributed by atoms with Gasteiger partial charge in [0.15, 0.2) is 0 Å². The van der Waals surface area contributed by atoms with E-state index in [0.29, 0.717) is 12.1 Å². The van der Waals surface area contributed by atoms with Crippen molar-refractivity contribution in [3.8, 4) is 0 Å². The summed E-state index contributed by atoms with van der Waals surface area (Å²) in [5.74, 6) is -1.45. The molecule has 0 spiro atoms. The minimum absolute atomic E-state index is 0.190. The van der Waals surface area contributed by atoms with Crippen LogP contribution in [0, 0.1) is 12.8 Å². The third kappa shape index (κ3) is 3.62. The molecular weight excluding hydrogens is 352 g/mol. The second-order valence-electron chi connectivity index (χ2n) is 6.50. The van der Waals surface area contributed by atoms with E-state index >= 15 is 0 Å². The quantitative estimate of drug-likeness (QED) is 0.892. The fraction of sp³-hybridized carbons (Fsp3) is 0.263. The van der Waals surface area contributed by atoms with Crippen molar-refractivity contribution in [1.82, 2.24) is 5.32 Å². The molecular formula is C19H20N2O4S. The number of rotatable bonds is 4. The molecule has 0 radical (unpaired) electrons. The molecule has 1 atom stereocenters. The largest absolute Gasteiger partial charge is 0.348 e. The molecule has 1 aliphatic heterocycles. The first-order chi connectivity index (χ1) is 12.3. The number of benzene rings is 2. The zero-order chi connectivity index (χ0) is 18.9. The van der Waals surface area contributed by atoms with Gasteiger partial charge < -0.3 is 5.32 Å². The molecule has 0 aromatic heterocycles. The molecule has 136 valence electrons. The van der Waals surface area contributed by atoms with E-state index in [1.54, 1.807) is 6.92 Å². The van der Waals surface area contributed by atoms with E-state index in [1.165, 1.54) is 24.3 Å². The molecule has 1 heterocycles. The third-order valence-electron chi connectivity index (χ3n) is 4.26. The lowest BCUT2D eigenvalue weighted by Gasteiger charge is -2.15. The Balaban J connectivity index is 1.71. The Morgan fingerprint density at radius 2 is 1.88 bits per heavy atom. The summed E-state index contributed by atoms with van der Waals surface area (Å²) in [5, 5.41) is 2.83. The van der Waals surface area contributed by atoms with Gasteiger partial charge in [0.05, 0.1) is 17.4 Å². The first-order valence-electron chi connectivity index (χ1n) is 8.28. The Morgan fingerprint density at radius 3 is 2.46 bits per heavy atom. The minimum atomic E-state index is -3.64. The standard InChI is InChI=1S/C19H20N2O4S/c1-13-4-3-5-15(10-13)11-20-18(22)16-6-8-17(9-7-16)21-19(23)14(2)12-26(21,24)25/h3-10,14H,11-12H2,1-2H3,(H,20,22)/t14-/m0/s1. The van der Waals surface area contributed by atoms with Gasteiger partial charge in [-0.15, -0.1) is 0 Å².